The second-order valence-electron chi connectivity index (χ2n) is 5.69. The molecule has 1 aromatic carbocycles. The van der Waals surface area contributed by atoms with Crippen molar-refractivity contribution in [2.75, 3.05) is 47.0 Å². The molecule has 5 nitrogen and oxygen atoms in total. The van der Waals surface area contributed by atoms with Gasteiger partial charge in [-0.3, -0.25) is 4.79 Å². The minimum absolute atomic E-state index is 0.0954. The third-order valence-electron chi connectivity index (χ3n) is 3.94. The van der Waals surface area contributed by atoms with Crippen molar-refractivity contribution in [3.05, 3.63) is 29.8 Å². The summed E-state index contributed by atoms with van der Waals surface area (Å²) in [4.78, 5) is 14.6. The van der Waals surface area contributed by atoms with E-state index in [2.05, 4.69) is 5.32 Å². The molecule has 0 aliphatic carbocycles. The predicted octanol–water partition coefficient (Wildman–Crippen LogP) is 1.78. The Morgan fingerprint density at radius 1 is 1.41 bits per heavy atom. The maximum atomic E-state index is 12.7. The van der Waals surface area contributed by atoms with E-state index >= 15 is 0 Å². The molecule has 0 spiro atoms. The molecule has 1 unspecified atom stereocenters. The summed E-state index contributed by atoms with van der Waals surface area (Å²) in [7, 11) is 3.60. The number of likely N-dealkylation sites (tertiary alicyclic amines) is 1. The van der Waals surface area contributed by atoms with E-state index in [1.54, 1.807) is 7.11 Å². The summed E-state index contributed by atoms with van der Waals surface area (Å²) >= 11 is 0. The van der Waals surface area contributed by atoms with Crippen molar-refractivity contribution in [1.82, 2.24) is 10.2 Å². The van der Waals surface area contributed by atoms with E-state index in [4.69, 9.17) is 9.47 Å². The number of amides is 1. The molecule has 0 aromatic heterocycles. The van der Waals surface area contributed by atoms with E-state index in [9.17, 15) is 4.79 Å². The van der Waals surface area contributed by atoms with Crippen LogP contribution in [0.1, 0.15) is 23.2 Å². The lowest BCUT2D eigenvalue weighted by Gasteiger charge is -2.32. The summed E-state index contributed by atoms with van der Waals surface area (Å²) in [5.41, 5.74) is 0.694. The molecule has 1 saturated heterocycles. The second-order valence-corrected chi connectivity index (χ2v) is 5.69. The first kappa shape index (κ1) is 16.8. The van der Waals surface area contributed by atoms with E-state index < -0.39 is 0 Å². The Labute approximate surface area is 132 Å². The number of carbonyl (C=O) groups excluding carboxylic acids is 1. The number of nitrogens with one attached hydrogen (secondary N) is 1. The van der Waals surface area contributed by atoms with E-state index in [1.165, 1.54) is 6.42 Å². The van der Waals surface area contributed by atoms with Crippen LogP contribution in [-0.4, -0.2) is 57.8 Å². The molecule has 1 aliphatic heterocycles. The Hall–Kier alpha value is -1.59. The number of methoxy groups -OCH3 is 1. The SMILES string of the molecule is CNCC1CCCN(C(=O)c2cccc(OCCOC)c2)C1. The van der Waals surface area contributed by atoms with Crippen LogP contribution >= 0.6 is 0 Å². The maximum absolute atomic E-state index is 12.7. The molecule has 1 fully saturated rings. The molecule has 0 bridgehead atoms. The van der Waals surface area contributed by atoms with Gasteiger partial charge in [0, 0.05) is 25.8 Å². The molecule has 1 aliphatic rings. The van der Waals surface area contributed by atoms with E-state index in [-0.39, 0.29) is 5.91 Å². The minimum Gasteiger partial charge on any atom is -0.491 e. The Morgan fingerprint density at radius 2 is 2.27 bits per heavy atom. The van der Waals surface area contributed by atoms with Gasteiger partial charge in [0.25, 0.3) is 5.91 Å². The number of nitrogens with zero attached hydrogens (tertiary/aromatic N) is 1. The maximum Gasteiger partial charge on any atom is 0.253 e. The molecule has 0 radical (unpaired) electrons. The van der Waals surface area contributed by atoms with E-state index in [0.29, 0.717) is 30.4 Å². The average molecular weight is 306 g/mol. The molecule has 1 heterocycles. The predicted molar refractivity (Wildman–Crippen MR) is 86.4 cm³/mol. The molecule has 1 amide bonds. The number of rotatable bonds is 7. The summed E-state index contributed by atoms with van der Waals surface area (Å²) < 4.78 is 10.5. The summed E-state index contributed by atoms with van der Waals surface area (Å²) in [6, 6.07) is 7.41. The van der Waals surface area contributed by atoms with E-state index in [1.807, 2.05) is 36.2 Å². The molecule has 2 rings (SSSR count). The lowest BCUT2D eigenvalue weighted by molar-refractivity contribution is 0.0673. The fraction of sp³-hybridized carbons (Fsp3) is 0.588. The van der Waals surface area contributed by atoms with Gasteiger partial charge in [0.1, 0.15) is 12.4 Å². The van der Waals surface area contributed by atoms with Gasteiger partial charge >= 0.3 is 0 Å². The van der Waals surface area contributed by atoms with Crippen LogP contribution in [0.15, 0.2) is 24.3 Å². The molecule has 5 heteroatoms. The molecule has 22 heavy (non-hydrogen) atoms. The summed E-state index contributed by atoms with van der Waals surface area (Å²) in [5.74, 6) is 1.36. The second kappa shape index (κ2) is 8.76. The molecular weight excluding hydrogens is 280 g/mol. The summed E-state index contributed by atoms with van der Waals surface area (Å²) in [6.45, 7) is 3.66. The first-order valence-electron chi connectivity index (χ1n) is 7.90. The van der Waals surface area contributed by atoms with Crippen molar-refractivity contribution < 1.29 is 14.3 Å². The van der Waals surface area contributed by atoms with Gasteiger partial charge < -0.3 is 19.7 Å². The average Bonchev–Trinajstić information content (AvgIpc) is 2.55. The Balaban J connectivity index is 1.97. The standard InChI is InChI=1S/C17H26N2O3/c1-18-12-14-5-4-8-19(13-14)17(20)15-6-3-7-16(11-15)22-10-9-21-2/h3,6-7,11,14,18H,4-5,8-10,12-13H2,1-2H3. The van der Waals surface area contributed by atoms with Crippen LogP contribution in [0.2, 0.25) is 0 Å². The van der Waals surface area contributed by atoms with Gasteiger partial charge in [0.15, 0.2) is 0 Å². The first-order valence-corrected chi connectivity index (χ1v) is 7.90. The van der Waals surface area contributed by atoms with Gasteiger partial charge in [-0.1, -0.05) is 6.07 Å². The molecule has 1 atom stereocenters. The number of hydrogen-bond acceptors (Lipinski definition) is 4. The fourth-order valence-electron chi connectivity index (χ4n) is 2.85. The van der Waals surface area contributed by atoms with Crippen LogP contribution in [0.3, 0.4) is 0 Å². The normalized spacial score (nSPS) is 18.3. The van der Waals surface area contributed by atoms with E-state index in [0.717, 1.165) is 26.1 Å². The fourth-order valence-corrected chi connectivity index (χ4v) is 2.85. The Kier molecular flexibility index (Phi) is 6.68. The van der Waals surface area contributed by atoms with Crippen molar-refractivity contribution in [2.45, 2.75) is 12.8 Å². The number of benzene rings is 1. The zero-order valence-electron chi connectivity index (χ0n) is 13.5. The van der Waals surface area contributed by atoms with Crippen LogP contribution in [0.4, 0.5) is 0 Å². The van der Waals surface area contributed by atoms with Crippen molar-refractivity contribution in [1.29, 1.82) is 0 Å². The summed E-state index contributed by atoms with van der Waals surface area (Å²) in [5, 5.41) is 3.20. The Bertz CT molecular complexity index is 477. The van der Waals surface area contributed by atoms with Gasteiger partial charge in [-0.25, -0.2) is 0 Å². The molecular formula is C17H26N2O3. The Morgan fingerprint density at radius 3 is 3.05 bits per heavy atom. The van der Waals surface area contributed by atoms with Crippen LogP contribution in [0, 0.1) is 5.92 Å². The minimum atomic E-state index is 0.0954. The topological polar surface area (TPSA) is 50.8 Å². The van der Waals surface area contributed by atoms with Gasteiger partial charge in [-0.15, -0.1) is 0 Å². The van der Waals surface area contributed by atoms with Crippen molar-refractivity contribution >= 4 is 5.91 Å². The monoisotopic (exact) mass is 306 g/mol. The van der Waals surface area contributed by atoms with Gasteiger partial charge in [-0.2, -0.15) is 0 Å². The van der Waals surface area contributed by atoms with Gasteiger partial charge in [-0.05, 0) is 50.6 Å². The molecule has 1 aromatic rings. The smallest absolute Gasteiger partial charge is 0.253 e. The van der Waals surface area contributed by atoms with Crippen molar-refractivity contribution in [2.24, 2.45) is 5.92 Å². The van der Waals surface area contributed by atoms with Gasteiger partial charge in [0.05, 0.1) is 6.61 Å². The molecule has 1 N–H and O–H groups in total. The van der Waals surface area contributed by atoms with Crippen LogP contribution < -0.4 is 10.1 Å². The highest BCUT2D eigenvalue weighted by molar-refractivity contribution is 5.94. The third-order valence-corrected chi connectivity index (χ3v) is 3.94. The van der Waals surface area contributed by atoms with Crippen molar-refractivity contribution in [3.8, 4) is 5.75 Å². The summed E-state index contributed by atoms with van der Waals surface area (Å²) in [6.07, 6.45) is 2.26. The van der Waals surface area contributed by atoms with Crippen LogP contribution in [0.25, 0.3) is 0 Å². The van der Waals surface area contributed by atoms with Gasteiger partial charge in [0.2, 0.25) is 0 Å². The zero-order valence-corrected chi connectivity index (χ0v) is 13.5. The number of ether oxygens (including phenoxy) is 2. The molecule has 0 saturated carbocycles. The van der Waals surface area contributed by atoms with Crippen molar-refractivity contribution in [3.63, 3.8) is 0 Å². The third kappa shape index (κ3) is 4.71. The lowest BCUT2D eigenvalue weighted by Crippen LogP contribution is -2.42. The number of carbonyl (C=O) groups is 1. The van der Waals surface area contributed by atoms with Crippen LogP contribution in [0.5, 0.6) is 5.75 Å². The number of piperidine rings is 1. The zero-order chi connectivity index (χ0) is 15.8. The lowest BCUT2D eigenvalue weighted by atomic mass is 9.97. The molecule has 122 valence electrons. The largest absolute Gasteiger partial charge is 0.491 e. The highest BCUT2D eigenvalue weighted by atomic mass is 16.5. The van der Waals surface area contributed by atoms with Crippen LogP contribution in [-0.2, 0) is 4.74 Å². The highest BCUT2D eigenvalue weighted by Gasteiger charge is 2.24. The first-order chi connectivity index (χ1) is 10.7. The number of hydrogen-bond donors (Lipinski definition) is 1. The highest BCUT2D eigenvalue weighted by Crippen LogP contribution is 2.20. The quantitative estimate of drug-likeness (QED) is 0.780.